The first-order chi connectivity index (χ1) is 16.2. The number of rotatable bonds is 9. The van der Waals surface area contributed by atoms with E-state index in [1.807, 2.05) is 0 Å². The first kappa shape index (κ1) is 23.3. The highest BCUT2D eigenvalue weighted by molar-refractivity contribution is 5.76. The molecule has 178 valence electrons. The van der Waals surface area contributed by atoms with Gasteiger partial charge in [-0.2, -0.15) is 22.7 Å². The predicted molar refractivity (Wildman–Crippen MR) is 115 cm³/mol. The fourth-order valence-electron chi connectivity index (χ4n) is 3.38. The first-order valence-corrected chi connectivity index (χ1v) is 10.5. The molecule has 34 heavy (non-hydrogen) atoms. The molecule has 1 fully saturated rings. The number of halogens is 4. The number of carbonyl (C=O) groups is 1. The summed E-state index contributed by atoms with van der Waals surface area (Å²) in [6.45, 7) is 0.336. The molecular weight excluding hydrogens is 454 g/mol. The number of benzene rings is 1. The normalized spacial score (nSPS) is 13.5. The molecule has 2 aromatic heterocycles. The van der Waals surface area contributed by atoms with Gasteiger partial charge in [0.2, 0.25) is 11.7 Å². The van der Waals surface area contributed by atoms with Gasteiger partial charge in [-0.15, -0.1) is 5.10 Å². The van der Waals surface area contributed by atoms with Crippen LogP contribution in [0.3, 0.4) is 0 Å². The van der Waals surface area contributed by atoms with Crippen molar-refractivity contribution in [3.05, 3.63) is 71.1 Å². The summed E-state index contributed by atoms with van der Waals surface area (Å²) in [5.74, 6) is -1.06. The van der Waals surface area contributed by atoms with Gasteiger partial charge in [0.05, 0.1) is 18.7 Å². The topological polar surface area (TPSA) is 110 Å². The van der Waals surface area contributed by atoms with Gasteiger partial charge < -0.3 is 16.0 Å². The average molecular weight is 475 g/mol. The molecule has 3 aromatic rings. The Morgan fingerprint density at radius 1 is 1.06 bits per heavy atom. The third-order valence-corrected chi connectivity index (χ3v) is 5.23. The van der Waals surface area contributed by atoms with Crippen LogP contribution < -0.4 is 16.0 Å². The second-order valence-corrected chi connectivity index (χ2v) is 7.94. The Labute approximate surface area is 192 Å². The molecule has 12 heteroatoms. The van der Waals surface area contributed by atoms with Crippen LogP contribution in [0.15, 0.2) is 42.7 Å². The highest BCUT2D eigenvalue weighted by Gasteiger charge is 2.35. The summed E-state index contributed by atoms with van der Waals surface area (Å²) in [5.41, 5.74) is 5.98. The Morgan fingerprint density at radius 2 is 1.76 bits per heavy atom. The maximum Gasteiger partial charge on any atom is 0.435 e. The monoisotopic (exact) mass is 475 g/mol. The summed E-state index contributed by atoms with van der Waals surface area (Å²) in [6.07, 6.45) is -1.61. The summed E-state index contributed by atoms with van der Waals surface area (Å²) < 4.78 is 53.5. The smallest absolute Gasteiger partial charge is 0.369 e. The Hall–Kier alpha value is -3.83. The second-order valence-electron chi connectivity index (χ2n) is 7.94. The molecule has 1 saturated carbocycles. The van der Waals surface area contributed by atoms with E-state index in [2.05, 4.69) is 25.5 Å². The predicted octanol–water partition coefficient (Wildman–Crippen LogP) is 3.23. The zero-order valence-corrected chi connectivity index (χ0v) is 17.9. The molecule has 0 saturated heterocycles. The third-order valence-electron chi connectivity index (χ3n) is 5.23. The maximum absolute atomic E-state index is 15.3. The number of hydrogen-bond donors (Lipinski definition) is 2. The number of nitrogens with zero attached hydrogens (tertiary/aromatic N) is 5. The molecule has 1 amide bonds. The van der Waals surface area contributed by atoms with Gasteiger partial charge in [0.25, 0.3) is 0 Å². The SMILES string of the molecule is NC(=O)Cc1ccc(CNc2ncnc(N(Cc3ccc(C(F)(F)F)nn3)C3CC3)c2F)cc1. The molecule has 0 aliphatic heterocycles. The molecule has 8 nitrogen and oxygen atoms in total. The van der Waals surface area contributed by atoms with Gasteiger partial charge in [-0.05, 0) is 36.1 Å². The maximum atomic E-state index is 15.3. The molecule has 0 atom stereocenters. The standard InChI is InChI=1S/C22H21F4N7O/c23-19-20(28-10-14-3-1-13(2-4-14)9-18(27)34)29-12-30-21(19)33(16-6-7-16)11-15-5-8-17(32-31-15)22(24,25)26/h1-5,8,12,16H,6-7,9-11H2,(H2,27,34)(H,28,29,30). The van der Waals surface area contributed by atoms with Crippen molar-refractivity contribution < 1.29 is 22.4 Å². The van der Waals surface area contributed by atoms with Crippen molar-refractivity contribution in [3.8, 4) is 0 Å². The quantitative estimate of drug-likeness (QED) is 0.457. The number of amides is 1. The summed E-state index contributed by atoms with van der Waals surface area (Å²) >= 11 is 0. The molecule has 0 unspecified atom stereocenters. The molecule has 0 bridgehead atoms. The van der Waals surface area contributed by atoms with Crippen LogP contribution in [-0.2, 0) is 30.5 Å². The minimum Gasteiger partial charge on any atom is -0.369 e. The summed E-state index contributed by atoms with van der Waals surface area (Å²) in [7, 11) is 0. The van der Waals surface area contributed by atoms with Gasteiger partial charge >= 0.3 is 6.18 Å². The lowest BCUT2D eigenvalue weighted by Crippen LogP contribution is -2.28. The summed E-state index contributed by atoms with van der Waals surface area (Å²) in [6, 6.07) is 9.21. The van der Waals surface area contributed by atoms with E-state index in [0.29, 0.717) is 0 Å². The molecule has 0 spiro atoms. The first-order valence-electron chi connectivity index (χ1n) is 10.5. The number of hydrogen-bond acceptors (Lipinski definition) is 7. The lowest BCUT2D eigenvalue weighted by molar-refractivity contribution is -0.141. The molecule has 1 aliphatic rings. The van der Waals surface area contributed by atoms with Crippen molar-refractivity contribution >= 4 is 17.5 Å². The van der Waals surface area contributed by atoms with E-state index in [4.69, 9.17) is 5.73 Å². The number of alkyl halides is 3. The van der Waals surface area contributed by atoms with Gasteiger partial charge in [-0.1, -0.05) is 24.3 Å². The van der Waals surface area contributed by atoms with Crippen LogP contribution in [0.1, 0.15) is 35.4 Å². The molecule has 0 radical (unpaired) electrons. The third kappa shape index (κ3) is 5.74. The van der Waals surface area contributed by atoms with E-state index < -0.39 is 23.6 Å². The van der Waals surface area contributed by atoms with Crippen molar-refractivity contribution in [2.75, 3.05) is 10.2 Å². The average Bonchev–Trinajstić information content (AvgIpc) is 3.63. The minimum absolute atomic E-state index is 0.000794. The van der Waals surface area contributed by atoms with Crippen molar-refractivity contribution in [3.63, 3.8) is 0 Å². The van der Waals surface area contributed by atoms with Gasteiger partial charge in [0, 0.05) is 12.6 Å². The zero-order chi connectivity index (χ0) is 24.3. The molecule has 1 aliphatic carbocycles. The highest BCUT2D eigenvalue weighted by atomic mass is 19.4. The van der Waals surface area contributed by atoms with Crippen molar-refractivity contribution in [1.82, 2.24) is 20.2 Å². The van der Waals surface area contributed by atoms with Gasteiger partial charge in [0.1, 0.15) is 6.33 Å². The lowest BCUT2D eigenvalue weighted by atomic mass is 10.1. The van der Waals surface area contributed by atoms with E-state index >= 15 is 4.39 Å². The number of anilines is 2. The Kier molecular flexibility index (Phi) is 6.57. The van der Waals surface area contributed by atoms with E-state index in [1.54, 1.807) is 29.2 Å². The van der Waals surface area contributed by atoms with E-state index in [0.717, 1.165) is 30.0 Å². The fourth-order valence-corrected chi connectivity index (χ4v) is 3.38. The van der Waals surface area contributed by atoms with Crippen molar-refractivity contribution in [1.29, 1.82) is 0 Å². The number of nitrogens with one attached hydrogen (secondary N) is 1. The molecule has 1 aromatic carbocycles. The Bertz CT molecular complexity index is 1150. The molecule has 4 rings (SSSR count). The highest BCUT2D eigenvalue weighted by Crippen LogP contribution is 2.34. The van der Waals surface area contributed by atoms with Crippen LogP contribution in [0.5, 0.6) is 0 Å². The summed E-state index contributed by atoms with van der Waals surface area (Å²) in [5, 5.41) is 9.82. The molecule has 2 heterocycles. The number of aromatic nitrogens is 4. The van der Waals surface area contributed by atoms with Crippen LogP contribution in [0, 0.1) is 5.82 Å². The number of primary amides is 1. The second kappa shape index (κ2) is 9.57. The van der Waals surface area contributed by atoms with Crippen molar-refractivity contribution in [2.45, 2.75) is 44.6 Å². The fraction of sp³-hybridized carbons (Fsp3) is 0.318. The molecule has 3 N–H and O–H groups in total. The minimum atomic E-state index is -4.58. The van der Waals surface area contributed by atoms with E-state index in [-0.39, 0.29) is 42.9 Å². The van der Waals surface area contributed by atoms with E-state index in [9.17, 15) is 18.0 Å². The number of nitrogens with two attached hydrogens (primary N) is 1. The molecular formula is C22H21F4N7O. The van der Waals surface area contributed by atoms with Crippen LogP contribution in [-0.4, -0.2) is 32.1 Å². The van der Waals surface area contributed by atoms with Crippen molar-refractivity contribution in [2.24, 2.45) is 5.73 Å². The van der Waals surface area contributed by atoms with Gasteiger partial charge in [-0.3, -0.25) is 4.79 Å². The van der Waals surface area contributed by atoms with E-state index in [1.165, 1.54) is 12.4 Å². The lowest BCUT2D eigenvalue weighted by Gasteiger charge is -2.24. The van der Waals surface area contributed by atoms with Gasteiger partial charge in [0.15, 0.2) is 17.3 Å². The Morgan fingerprint density at radius 3 is 2.35 bits per heavy atom. The summed E-state index contributed by atoms with van der Waals surface area (Å²) in [4.78, 5) is 20.7. The van der Waals surface area contributed by atoms with Crippen LogP contribution in [0.2, 0.25) is 0 Å². The zero-order valence-electron chi connectivity index (χ0n) is 17.9. The number of carbonyl (C=O) groups excluding carboxylic acids is 1. The van der Waals surface area contributed by atoms with Crippen LogP contribution >= 0.6 is 0 Å². The van der Waals surface area contributed by atoms with Crippen LogP contribution in [0.4, 0.5) is 29.2 Å². The van der Waals surface area contributed by atoms with Crippen LogP contribution in [0.25, 0.3) is 0 Å². The largest absolute Gasteiger partial charge is 0.435 e. The Balaban J connectivity index is 1.47. The van der Waals surface area contributed by atoms with Gasteiger partial charge in [-0.25, -0.2) is 9.97 Å².